The fraction of sp³-hybridized carbons (Fsp3) is 0.886. The average Bonchev–Trinajstić information content (AvgIpc) is 3.11. The molecule has 2 aliphatic rings. The molecule has 2 aliphatic heterocycles. The molecule has 15 nitrogen and oxygen atoms in total. The third-order valence-electron chi connectivity index (χ3n) is 8.80. The molecule has 11 atom stereocenters. The summed E-state index contributed by atoms with van der Waals surface area (Å²) in [6, 6.07) is 0. The summed E-state index contributed by atoms with van der Waals surface area (Å²) < 4.78 is 32.6. The highest BCUT2D eigenvalue weighted by atomic mass is 16.7. The monoisotopic (exact) mass is 722 g/mol. The summed E-state index contributed by atoms with van der Waals surface area (Å²) in [5.74, 6) is -1.04. The van der Waals surface area contributed by atoms with Crippen molar-refractivity contribution in [1.82, 2.24) is 0 Å². The smallest absolute Gasteiger partial charge is 0.306 e. The average molecular weight is 723 g/mol. The fourth-order valence-electron chi connectivity index (χ4n) is 5.60. The Labute approximate surface area is 295 Å². The van der Waals surface area contributed by atoms with E-state index in [0.29, 0.717) is 6.42 Å². The molecule has 0 aromatic carbocycles. The normalized spacial score (nSPS) is 30.7. The topological polar surface area (TPSA) is 231 Å². The number of unbranched alkanes of at least 4 members (excludes halogenated alkanes) is 10. The molecule has 15 heteroatoms. The molecule has 11 unspecified atom stereocenters. The van der Waals surface area contributed by atoms with Crippen LogP contribution in [0.4, 0.5) is 0 Å². The molecule has 292 valence electrons. The van der Waals surface area contributed by atoms with E-state index in [4.69, 9.17) is 28.4 Å². The molecule has 0 radical (unpaired) electrons. The molecule has 2 rings (SSSR count). The Morgan fingerprint density at radius 2 is 1.18 bits per heavy atom. The maximum Gasteiger partial charge on any atom is 0.306 e. The zero-order chi connectivity index (χ0) is 36.9. The minimum absolute atomic E-state index is 0.0982. The molecular formula is C35H62O15. The van der Waals surface area contributed by atoms with Crippen molar-refractivity contribution in [3.8, 4) is 0 Å². The first-order valence-electron chi connectivity index (χ1n) is 18.3. The van der Waals surface area contributed by atoms with Crippen LogP contribution in [-0.4, -0.2) is 142 Å². The quantitative estimate of drug-likeness (QED) is 0.0398. The van der Waals surface area contributed by atoms with Crippen molar-refractivity contribution in [2.75, 3.05) is 26.4 Å². The number of ether oxygens (including phenoxy) is 6. The number of aliphatic hydroxyl groups is 7. The third kappa shape index (κ3) is 15.9. The molecule has 7 N–H and O–H groups in total. The molecule has 2 saturated heterocycles. The zero-order valence-electron chi connectivity index (χ0n) is 29.6. The predicted molar refractivity (Wildman–Crippen MR) is 178 cm³/mol. The fourth-order valence-corrected chi connectivity index (χ4v) is 5.60. The van der Waals surface area contributed by atoms with E-state index in [1.165, 1.54) is 32.1 Å². The van der Waals surface area contributed by atoms with Gasteiger partial charge in [-0.25, -0.2) is 0 Å². The number of allylic oxidation sites excluding steroid dienone is 2. The summed E-state index contributed by atoms with van der Waals surface area (Å²) in [6.07, 6.45) is 1.18. The lowest BCUT2D eigenvalue weighted by atomic mass is 9.98. The maximum atomic E-state index is 12.6. The number of esters is 2. The minimum atomic E-state index is -1.76. The van der Waals surface area contributed by atoms with Crippen LogP contribution in [0.2, 0.25) is 0 Å². The summed E-state index contributed by atoms with van der Waals surface area (Å²) in [4.78, 5) is 24.4. The second-order valence-corrected chi connectivity index (χ2v) is 13.0. The van der Waals surface area contributed by atoms with Crippen LogP contribution >= 0.6 is 0 Å². The van der Waals surface area contributed by atoms with Crippen LogP contribution in [0.3, 0.4) is 0 Å². The van der Waals surface area contributed by atoms with Crippen LogP contribution in [0.25, 0.3) is 0 Å². The predicted octanol–water partition coefficient (Wildman–Crippen LogP) is 1.14. The van der Waals surface area contributed by atoms with Gasteiger partial charge in [-0.05, 0) is 32.1 Å². The van der Waals surface area contributed by atoms with Gasteiger partial charge in [-0.1, -0.05) is 70.9 Å². The van der Waals surface area contributed by atoms with E-state index in [1.807, 2.05) is 0 Å². The Bertz CT molecular complexity index is 949. The van der Waals surface area contributed by atoms with Gasteiger partial charge in [0.25, 0.3) is 0 Å². The Morgan fingerprint density at radius 1 is 0.640 bits per heavy atom. The van der Waals surface area contributed by atoms with Crippen molar-refractivity contribution in [2.45, 2.75) is 171 Å². The van der Waals surface area contributed by atoms with Gasteiger partial charge in [-0.2, -0.15) is 0 Å². The van der Waals surface area contributed by atoms with Crippen molar-refractivity contribution >= 4 is 11.9 Å². The summed E-state index contributed by atoms with van der Waals surface area (Å²) in [5, 5.41) is 71.0. The Hall–Kier alpha value is -1.76. The van der Waals surface area contributed by atoms with Crippen LogP contribution in [0.5, 0.6) is 0 Å². The lowest BCUT2D eigenvalue weighted by Crippen LogP contribution is -2.61. The Balaban J connectivity index is 1.79. The van der Waals surface area contributed by atoms with Gasteiger partial charge in [0.15, 0.2) is 18.7 Å². The number of hydrogen-bond acceptors (Lipinski definition) is 15. The molecule has 2 heterocycles. The first-order valence-corrected chi connectivity index (χ1v) is 18.3. The van der Waals surface area contributed by atoms with Crippen LogP contribution in [0, 0.1) is 0 Å². The van der Waals surface area contributed by atoms with Crippen molar-refractivity contribution < 1.29 is 73.8 Å². The minimum Gasteiger partial charge on any atom is -0.462 e. The lowest BCUT2D eigenvalue weighted by molar-refractivity contribution is -0.332. The number of aliphatic hydroxyl groups excluding tert-OH is 7. The van der Waals surface area contributed by atoms with Crippen molar-refractivity contribution in [3.05, 3.63) is 12.2 Å². The summed E-state index contributed by atoms with van der Waals surface area (Å²) in [5.41, 5.74) is 0. The van der Waals surface area contributed by atoms with Crippen molar-refractivity contribution in [3.63, 3.8) is 0 Å². The second kappa shape index (κ2) is 25.3. The highest BCUT2D eigenvalue weighted by molar-refractivity contribution is 5.70. The van der Waals surface area contributed by atoms with E-state index in [-0.39, 0.29) is 26.1 Å². The number of carbonyl (C=O) groups excluding carboxylic acids is 2. The molecule has 0 aromatic heterocycles. The van der Waals surface area contributed by atoms with E-state index in [9.17, 15) is 45.3 Å². The first-order chi connectivity index (χ1) is 24.0. The lowest BCUT2D eigenvalue weighted by Gasteiger charge is -2.42. The van der Waals surface area contributed by atoms with Crippen LogP contribution in [0.1, 0.15) is 104 Å². The van der Waals surface area contributed by atoms with E-state index in [1.54, 1.807) is 6.92 Å². The maximum absolute atomic E-state index is 12.6. The van der Waals surface area contributed by atoms with Gasteiger partial charge in [-0.15, -0.1) is 0 Å². The first kappa shape index (κ1) is 44.4. The molecule has 2 fully saturated rings. The number of hydrogen-bond donors (Lipinski definition) is 7. The second-order valence-electron chi connectivity index (χ2n) is 13.0. The number of rotatable bonds is 25. The summed E-state index contributed by atoms with van der Waals surface area (Å²) in [6.45, 7) is 1.91. The van der Waals surface area contributed by atoms with Gasteiger partial charge in [0.1, 0.15) is 55.4 Å². The van der Waals surface area contributed by atoms with E-state index >= 15 is 0 Å². The molecule has 0 aromatic rings. The molecule has 0 saturated carbocycles. The molecule has 0 bridgehead atoms. The highest BCUT2D eigenvalue weighted by Gasteiger charge is 2.47. The third-order valence-corrected chi connectivity index (χ3v) is 8.80. The Kier molecular flexibility index (Phi) is 22.4. The highest BCUT2D eigenvalue weighted by Crippen LogP contribution is 2.26. The Morgan fingerprint density at radius 3 is 1.78 bits per heavy atom. The molecule has 50 heavy (non-hydrogen) atoms. The van der Waals surface area contributed by atoms with Crippen molar-refractivity contribution in [1.29, 1.82) is 0 Å². The van der Waals surface area contributed by atoms with Gasteiger partial charge in [-0.3, -0.25) is 9.59 Å². The SMILES string of the molecule is CCCCCCC/C=C\CCCCCCCC(=O)OC(COC(=O)CC)COC1OC(COC2OC(CO)C(O)C(O)C2O)C(O)C(O)C1O. The van der Waals surface area contributed by atoms with Crippen LogP contribution in [0.15, 0.2) is 12.2 Å². The van der Waals surface area contributed by atoms with Gasteiger partial charge >= 0.3 is 11.9 Å². The zero-order valence-corrected chi connectivity index (χ0v) is 29.6. The van der Waals surface area contributed by atoms with Crippen LogP contribution < -0.4 is 0 Å². The molecule has 0 spiro atoms. The van der Waals surface area contributed by atoms with Gasteiger partial charge < -0.3 is 64.2 Å². The summed E-state index contributed by atoms with van der Waals surface area (Å²) in [7, 11) is 0. The largest absolute Gasteiger partial charge is 0.462 e. The molecule has 0 aliphatic carbocycles. The number of carbonyl (C=O) groups is 2. The van der Waals surface area contributed by atoms with E-state index in [2.05, 4.69) is 19.1 Å². The van der Waals surface area contributed by atoms with Gasteiger partial charge in [0.05, 0.1) is 19.8 Å². The van der Waals surface area contributed by atoms with Gasteiger partial charge in [0.2, 0.25) is 0 Å². The van der Waals surface area contributed by atoms with Crippen LogP contribution in [-0.2, 0) is 38.0 Å². The standard InChI is InChI=1S/C35H62O15/c1-3-5-6-7-8-9-10-11-12-13-14-15-16-17-18-27(38)48-23(20-45-26(37)4-2)21-46-34-33(44)31(42)29(40)25(50-34)22-47-35-32(43)30(41)28(39)24(19-36)49-35/h10-11,23-25,28-36,39-44H,3-9,12-22H2,1-2H3/b11-10-. The molecular weight excluding hydrogens is 660 g/mol. The molecule has 0 amide bonds. The van der Waals surface area contributed by atoms with E-state index < -0.39 is 92.7 Å². The summed E-state index contributed by atoms with van der Waals surface area (Å²) >= 11 is 0. The van der Waals surface area contributed by atoms with Gasteiger partial charge in [0, 0.05) is 12.8 Å². The van der Waals surface area contributed by atoms with E-state index in [0.717, 1.165) is 38.5 Å². The van der Waals surface area contributed by atoms with Crippen molar-refractivity contribution in [2.24, 2.45) is 0 Å².